The summed E-state index contributed by atoms with van der Waals surface area (Å²) in [7, 11) is 0. The Morgan fingerprint density at radius 2 is 1.40 bits per heavy atom. The highest BCUT2D eigenvalue weighted by atomic mass is 35.6. The second-order valence-electron chi connectivity index (χ2n) is 4.90. The largest absolute Gasteiger partial charge is 0.463 e. The number of hydrogen-bond donors (Lipinski definition) is 0. The third-order valence-electron chi connectivity index (χ3n) is 2.78. The molecular weight excluding hydrogens is 406 g/mol. The summed E-state index contributed by atoms with van der Waals surface area (Å²) in [6.07, 6.45) is -5.19. The SMILES string of the molecule is CC(=O)OC[C@H]1OC(OC(=O)C(Cl)(Cl)Cl)[C@@H](OC(C)=O)[C@@H]1OC(C)=O. The molecule has 1 unspecified atom stereocenters. The summed E-state index contributed by atoms with van der Waals surface area (Å²) >= 11 is 16.2. The van der Waals surface area contributed by atoms with E-state index in [9.17, 15) is 19.2 Å². The standard InChI is InChI=1S/C13H15Cl3O9/c1-5(17)21-4-8-9(22-6(2)18)10(23-7(3)19)11(24-8)25-12(20)13(14,15)16/h8-11H,4H2,1-3H3/t8-,9-,10+,11?/m1/s1. The third kappa shape index (κ3) is 6.85. The van der Waals surface area contributed by atoms with E-state index in [4.69, 9.17) is 58.5 Å². The van der Waals surface area contributed by atoms with Crippen molar-refractivity contribution in [2.75, 3.05) is 6.61 Å². The van der Waals surface area contributed by atoms with Crippen molar-refractivity contribution >= 4 is 58.7 Å². The van der Waals surface area contributed by atoms with Gasteiger partial charge in [0.05, 0.1) is 0 Å². The first-order valence-corrected chi connectivity index (χ1v) is 7.96. The fraction of sp³-hybridized carbons (Fsp3) is 0.692. The molecule has 0 bridgehead atoms. The minimum atomic E-state index is -2.41. The summed E-state index contributed by atoms with van der Waals surface area (Å²) in [5, 5.41) is 0. The zero-order valence-electron chi connectivity index (χ0n) is 13.3. The van der Waals surface area contributed by atoms with Gasteiger partial charge in [0.2, 0.25) is 12.4 Å². The maximum absolute atomic E-state index is 11.7. The van der Waals surface area contributed by atoms with Crippen molar-refractivity contribution < 1.29 is 42.9 Å². The van der Waals surface area contributed by atoms with Crippen LogP contribution in [0.25, 0.3) is 0 Å². The molecule has 1 fully saturated rings. The summed E-state index contributed by atoms with van der Waals surface area (Å²) in [5.41, 5.74) is 0. The molecule has 4 atom stereocenters. The average molecular weight is 422 g/mol. The van der Waals surface area contributed by atoms with E-state index in [-0.39, 0.29) is 6.61 Å². The van der Waals surface area contributed by atoms with Crippen LogP contribution in [0.15, 0.2) is 0 Å². The molecule has 0 N–H and O–H groups in total. The molecule has 1 rings (SSSR count). The van der Waals surface area contributed by atoms with E-state index in [0.29, 0.717) is 0 Å². The van der Waals surface area contributed by atoms with Gasteiger partial charge in [0, 0.05) is 20.8 Å². The molecule has 25 heavy (non-hydrogen) atoms. The normalized spacial score (nSPS) is 25.8. The second-order valence-corrected chi connectivity index (χ2v) is 7.18. The Bertz CT molecular complexity index is 545. The molecule has 0 aromatic heterocycles. The lowest BCUT2D eigenvalue weighted by Crippen LogP contribution is -2.42. The molecule has 0 aromatic rings. The predicted molar refractivity (Wildman–Crippen MR) is 82.8 cm³/mol. The van der Waals surface area contributed by atoms with E-state index in [1.54, 1.807) is 0 Å². The number of carbonyl (C=O) groups excluding carboxylic acids is 4. The number of carbonyl (C=O) groups is 4. The van der Waals surface area contributed by atoms with E-state index >= 15 is 0 Å². The Morgan fingerprint density at radius 3 is 1.84 bits per heavy atom. The molecule has 0 amide bonds. The van der Waals surface area contributed by atoms with Gasteiger partial charge in [0.25, 0.3) is 3.79 Å². The molecule has 12 heteroatoms. The van der Waals surface area contributed by atoms with E-state index in [2.05, 4.69) is 0 Å². The van der Waals surface area contributed by atoms with E-state index < -0.39 is 52.3 Å². The molecule has 0 spiro atoms. The monoisotopic (exact) mass is 420 g/mol. The van der Waals surface area contributed by atoms with Crippen LogP contribution in [-0.4, -0.2) is 58.9 Å². The van der Waals surface area contributed by atoms with Gasteiger partial charge in [0.15, 0.2) is 6.10 Å². The van der Waals surface area contributed by atoms with Crippen molar-refractivity contribution in [3.8, 4) is 0 Å². The number of halogens is 3. The first-order chi connectivity index (χ1) is 11.4. The zero-order chi connectivity index (χ0) is 19.4. The van der Waals surface area contributed by atoms with Crippen molar-refractivity contribution in [1.82, 2.24) is 0 Å². The summed E-state index contributed by atoms with van der Waals surface area (Å²) in [5.74, 6) is -3.42. The number of ether oxygens (including phenoxy) is 5. The third-order valence-corrected chi connectivity index (χ3v) is 3.24. The van der Waals surface area contributed by atoms with E-state index in [0.717, 1.165) is 20.8 Å². The van der Waals surface area contributed by atoms with Crippen LogP contribution >= 0.6 is 34.8 Å². The Hall–Kier alpha value is -1.29. The molecule has 142 valence electrons. The topological polar surface area (TPSA) is 114 Å². The molecule has 0 aliphatic carbocycles. The van der Waals surface area contributed by atoms with Gasteiger partial charge in [-0.05, 0) is 0 Å². The van der Waals surface area contributed by atoms with Gasteiger partial charge in [-0.2, -0.15) is 0 Å². The van der Waals surface area contributed by atoms with Crippen LogP contribution in [0.1, 0.15) is 20.8 Å². The average Bonchev–Trinajstić information content (AvgIpc) is 2.72. The predicted octanol–water partition coefficient (Wildman–Crippen LogP) is 1.05. The molecule has 0 aromatic carbocycles. The molecule has 9 nitrogen and oxygen atoms in total. The highest BCUT2D eigenvalue weighted by molar-refractivity contribution is 6.75. The molecule has 1 saturated heterocycles. The molecular formula is C13H15Cl3O9. The highest BCUT2D eigenvalue weighted by Gasteiger charge is 2.53. The fourth-order valence-corrected chi connectivity index (χ4v) is 2.08. The minimum Gasteiger partial charge on any atom is -0.463 e. The lowest BCUT2D eigenvalue weighted by molar-refractivity contribution is -0.198. The van der Waals surface area contributed by atoms with Gasteiger partial charge >= 0.3 is 23.9 Å². The first kappa shape index (κ1) is 21.8. The minimum absolute atomic E-state index is 0.354. The van der Waals surface area contributed by atoms with Crippen molar-refractivity contribution in [3.63, 3.8) is 0 Å². The van der Waals surface area contributed by atoms with Crippen LogP contribution in [0, 0.1) is 0 Å². The van der Waals surface area contributed by atoms with Crippen LogP contribution < -0.4 is 0 Å². The lowest BCUT2D eigenvalue weighted by Gasteiger charge is -2.23. The van der Waals surface area contributed by atoms with E-state index in [1.165, 1.54) is 0 Å². The quantitative estimate of drug-likeness (QED) is 0.365. The Labute approximate surface area is 157 Å². The van der Waals surface area contributed by atoms with Gasteiger partial charge in [-0.3, -0.25) is 14.4 Å². The summed E-state index contributed by atoms with van der Waals surface area (Å²) in [4.78, 5) is 45.3. The molecule has 1 aliphatic rings. The smallest absolute Gasteiger partial charge is 0.360 e. The lowest BCUT2D eigenvalue weighted by atomic mass is 10.1. The molecule has 0 radical (unpaired) electrons. The Morgan fingerprint density at radius 1 is 0.880 bits per heavy atom. The van der Waals surface area contributed by atoms with Crippen LogP contribution in [0.2, 0.25) is 0 Å². The number of esters is 4. The van der Waals surface area contributed by atoms with Gasteiger partial charge in [-0.25, -0.2) is 4.79 Å². The number of hydrogen-bond acceptors (Lipinski definition) is 9. The van der Waals surface area contributed by atoms with Gasteiger partial charge < -0.3 is 23.7 Å². The maximum atomic E-state index is 11.7. The van der Waals surface area contributed by atoms with Gasteiger partial charge in [-0.15, -0.1) is 0 Å². The maximum Gasteiger partial charge on any atom is 0.360 e. The van der Waals surface area contributed by atoms with Crippen LogP contribution in [-0.2, 0) is 42.9 Å². The summed E-state index contributed by atoms with van der Waals surface area (Å²) in [6, 6.07) is 0. The fourth-order valence-electron chi connectivity index (χ4n) is 1.94. The molecule has 1 aliphatic heterocycles. The Balaban J connectivity index is 3.03. The zero-order valence-corrected chi connectivity index (χ0v) is 15.6. The summed E-state index contributed by atoms with van der Waals surface area (Å²) < 4.78 is 22.7. The second kappa shape index (κ2) is 8.88. The van der Waals surface area contributed by atoms with Crippen LogP contribution in [0.3, 0.4) is 0 Å². The van der Waals surface area contributed by atoms with Crippen LogP contribution in [0.5, 0.6) is 0 Å². The Kier molecular flexibility index (Phi) is 7.73. The molecule has 0 saturated carbocycles. The number of alkyl halides is 3. The van der Waals surface area contributed by atoms with Crippen molar-refractivity contribution in [1.29, 1.82) is 0 Å². The number of rotatable bonds is 5. The summed E-state index contributed by atoms with van der Waals surface area (Å²) in [6.45, 7) is 2.99. The van der Waals surface area contributed by atoms with Crippen LogP contribution in [0.4, 0.5) is 0 Å². The highest BCUT2D eigenvalue weighted by Crippen LogP contribution is 2.33. The van der Waals surface area contributed by atoms with Crippen molar-refractivity contribution in [3.05, 3.63) is 0 Å². The van der Waals surface area contributed by atoms with Crippen molar-refractivity contribution in [2.45, 2.75) is 49.2 Å². The van der Waals surface area contributed by atoms with Gasteiger partial charge in [0.1, 0.15) is 12.7 Å². The first-order valence-electron chi connectivity index (χ1n) is 6.83. The van der Waals surface area contributed by atoms with Crippen molar-refractivity contribution in [2.24, 2.45) is 0 Å². The van der Waals surface area contributed by atoms with Gasteiger partial charge in [-0.1, -0.05) is 34.8 Å². The molecule has 1 heterocycles. The van der Waals surface area contributed by atoms with E-state index in [1.807, 2.05) is 0 Å².